The van der Waals surface area contributed by atoms with Crippen molar-refractivity contribution in [2.45, 2.75) is 6.92 Å². The van der Waals surface area contributed by atoms with Gasteiger partial charge in [-0.15, -0.1) is 0 Å². The smallest absolute Gasteiger partial charge is 0.120 e. The number of ether oxygens (including phenoxy) is 1. The van der Waals surface area contributed by atoms with Crippen LogP contribution in [0.4, 0.5) is 0 Å². The highest BCUT2D eigenvalue weighted by Gasteiger charge is 1.97. The number of benzene rings is 1. The van der Waals surface area contributed by atoms with Gasteiger partial charge in [0, 0.05) is 4.47 Å². The third-order valence-corrected chi connectivity index (χ3v) is 2.24. The highest BCUT2D eigenvalue weighted by Crippen LogP contribution is 2.23. The minimum atomic E-state index is 0.870. The van der Waals surface area contributed by atoms with Crippen LogP contribution in [0.25, 0.3) is 6.08 Å². The molecular formula is C10H11BrO. The van der Waals surface area contributed by atoms with E-state index < -0.39 is 0 Å². The van der Waals surface area contributed by atoms with Crippen molar-refractivity contribution in [2.75, 3.05) is 7.11 Å². The Balaban J connectivity index is 3.03. The predicted molar refractivity (Wildman–Crippen MR) is 55.4 cm³/mol. The van der Waals surface area contributed by atoms with E-state index in [-0.39, 0.29) is 0 Å². The lowest BCUT2D eigenvalue weighted by atomic mass is 10.2. The number of halogens is 1. The van der Waals surface area contributed by atoms with Crippen LogP contribution in [0.2, 0.25) is 0 Å². The van der Waals surface area contributed by atoms with Gasteiger partial charge in [0.1, 0.15) is 5.75 Å². The Morgan fingerprint density at radius 2 is 2.17 bits per heavy atom. The van der Waals surface area contributed by atoms with Gasteiger partial charge < -0.3 is 4.74 Å². The Morgan fingerprint density at radius 3 is 2.67 bits per heavy atom. The highest BCUT2D eigenvalue weighted by atomic mass is 79.9. The van der Waals surface area contributed by atoms with Crippen LogP contribution in [0, 0.1) is 0 Å². The molecule has 1 aromatic rings. The van der Waals surface area contributed by atoms with E-state index in [1.165, 1.54) is 5.56 Å². The first-order valence-electron chi connectivity index (χ1n) is 3.74. The first kappa shape index (κ1) is 9.33. The summed E-state index contributed by atoms with van der Waals surface area (Å²) in [6, 6.07) is 5.92. The molecule has 0 fully saturated rings. The minimum absolute atomic E-state index is 0.870. The lowest BCUT2D eigenvalue weighted by Gasteiger charge is -2.02. The molecule has 0 aliphatic heterocycles. The molecule has 0 saturated carbocycles. The first-order chi connectivity index (χ1) is 5.77. The van der Waals surface area contributed by atoms with Gasteiger partial charge in [0.25, 0.3) is 0 Å². The molecule has 1 nitrogen and oxygen atoms in total. The Hall–Kier alpha value is -0.760. The number of rotatable bonds is 2. The van der Waals surface area contributed by atoms with Gasteiger partial charge >= 0.3 is 0 Å². The van der Waals surface area contributed by atoms with Gasteiger partial charge in [0.15, 0.2) is 0 Å². The zero-order chi connectivity index (χ0) is 8.97. The van der Waals surface area contributed by atoms with Crippen molar-refractivity contribution in [3.8, 4) is 5.75 Å². The van der Waals surface area contributed by atoms with Crippen LogP contribution in [-0.2, 0) is 0 Å². The summed E-state index contributed by atoms with van der Waals surface area (Å²) in [5, 5.41) is 0. The van der Waals surface area contributed by atoms with Crippen molar-refractivity contribution in [2.24, 2.45) is 0 Å². The molecule has 1 aromatic carbocycles. The number of methoxy groups -OCH3 is 1. The van der Waals surface area contributed by atoms with Gasteiger partial charge in [0.05, 0.1) is 7.11 Å². The lowest BCUT2D eigenvalue weighted by molar-refractivity contribution is 0.414. The predicted octanol–water partition coefficient (Wildman–Crippen LogP) is 3.49. The largest absolute Gasteiger partial charge is 0.497 e. The summed E-state index contributed by atoms with van der Waals surface area (Å²) < 4.78 is 6.13. The molecule has 0 aromatic heterocycles. The van der Waals surface area contributed by atoms with Crippen LogP contribution < -0.4 is 4.74 Å². The zero-order valence-corrected chi connectivity index (χ0v) is 8.76. The molecule has 0 saturated heterocycles. The molecule has 0 N–H and O–H groups in total. The van der Waals surface area contributed by atoms with Crippen LogP contribution in [0.5, 0.6) is 5.75 Å². The summed E-state index contributed by atoms with van der Waals surface area (Å²) in [5.74, 6) is 0.870. The normalized spacial score (nSPS) is 10.6. The van der Waals surface area contributed by atoms with Gasteiger partial charge in [-0.25, -0.2) is 0 Å². The average Bonchev–Trinajstić information content (AvgIpc) is 2.09. The number of hydrogen-bond acceptors (Lipinski definition) is 1. The zero-order valence-electron chi connectivity index (χ0n) is 7.17. The Bertz CT molecular complexity index is 292. The van der Waals surface area contributed by atoms with E-state index in [2.05, 4.69) is 15.9 Å². The van der Waals surface area contributed by atoms with Gasteiger partial charge in [-0.1, -0.05) is 34.1 Å². The second kappa shape index (κ2) is 4.31. The van der Waals surface area contributed by atoms with Gasteiger partial charge in [-0.2, -0.15) is 0 Å². The molecule has 1 rings (SSSR count). The van der Waals surface area contributed by atoms with E-state index in [1.54, 1.807) is 7.11 Å². The summed E-state index contributed by atoms with van der Waals surface area (Å²) in [5.41, 5.74) is 1.17. The number of hydrogen-bond donors (Lipinski definition) is 0. The van der Waals surface area contributed by atoms with Gasteiger partial charge in [-0.05, 0) is 24.6 Å². The molecule has 0 amide bonds. The molecule has 2 heteroatoms. The molecule has 0 radical (unpaired) electrons. The summed E-state index contributed by atoms with van der Waals surface area (Å²) in [7, 11) is 1.66. The average molecular weight is 227 g/mol. The molecule has 0 aliphatic carbocycles. The summed E-state index contributed by atoms with van der Waals surface area (Å²) in [6.07, 6.45) is 4.05. The van der Waals surface area contributed by atoms with Gasteiger partial charge in [-0.3, -0.25) is 0 Å². The molecule has 12 heavy (non-hydrogen) atoms. The molecular weight excluding hydrogens is 216 g/mol. The third-order valence-electron chi connectivity index (χ3n) is 1.55. The molecule has 0 unspecified atom stereocenters. The molecule has 0 heterocycles. The van der Waals surface area contributed by atoms with Crippen molar-refractivity contribution in [3.05, 3.63) is 34.3 Å². The summed E-state index contributed by atoms with van der Waals surface area (Å²) in [4.78, 5) is 0. The Morgan fingerprint density at radius 1 is 1.42 bits per heavy atom. The highest BCUT2D eigenvalue weighted by molar-refractivity contribution is 9.10. The SMILES string of the molecule is C/C=C/c1ccc(OC)cc1Br. The standard InChI is InChI=1S/C10H11BrO/c1-3-4-8-5-6-9(12-2)7-10(8)11/h3-7H,1-2H3/b4-3+. The topological polar surface area (TPSA) is 9.23 Å². The second-order valence-electron chi connectivity index (χ2n) is 2.39. The van der Waals surface area contributed by atoms with E-state index in [9.17, 15) is 0 Å². The minimum Gasteiger partial charge on any atom is -0.497 e. The fraction of sp³-hybridized carbons (Fsp3) is 0.200. The molecule has 0 aliphatic rings. The van der Waals surface area contributed by atoms with E-state index >= 15 is 0 Å². The Kier molecular flexibility index (Phi) is 3.35. The quantitative estimate of drug-likeness (QED) is 0.751. The molecule has 0 atom stereocenters. The maximum atomic E-state index is 5.07. The monoisotopic (exact) mass is 226 g/mol. The maximum Gasteiger partial charge on any atom is 0.120 e. The third kappa shape index (κ3) is 2.11. The molecule has 0 spiro atoms. The van der Waals surface area contributed by atoms with Crippen LogP contribution in [-0.4, -0.2) is 7.11 Å². The van der Waals surface area contributed by atoms with Crippen molar-refractivity contribution < 1.29 is 4.74 Å². The fourth-order valence-electron chi connectivity index (χ4n) is 0.950. The van der Waals surface area contributed by atoms with Crippen molar-refractivity contribution in [1.82, 2.24) is 0 Å². The lowest BCUT2D eigenvalue weighted by Crippen LogP contribution is -1.83. The van der Waals surface area contributed by atoms with Crippen LogP contribution in [0.1, 0.15) is 12.5 Å². The second-order valence-corrected chi connectivity index (χ2v) is 3.24. The van der Waals surface area contributed by atoms with Crippen LogP contribution >= 0.6 is 15.9 Å². The number of allylic oxidation sites excluding steroid dienone is 1. The first-order valence-corrected chi connectivity index (χ1v) is 4.53. The summed E-state index contributed by atoms with van der Waals surface area (Å²) >= 11 is 3.46. The van der Waals surface area contributed by atoms with Crippen molar-refractivity contribution in [1.29, 1.82) is 0 Å². The van der Waals surface area contributed by atoms with Crippen LogP contribution in [0.15, 0.2) is 28.7 Å². The van der Waals surface area contributed by atoms with Crippen molar-refractivity contribution in [3.63, 3.8) is 0 Å². The van der Waals surface area contributed by atoms with E-state index in [4.69, 9.17) is 4.74 Å². The summed E-state index contributed by atoms with van der Waals surface area (Å²) in [6.45, 7) is 2.00. The fourth-order valence-corrected chi connectivity index (χ4v) is 1.44. The maximum absolute atomic E-state index is 5.07. The van der Waals surface area contributed by atoms with Gasteiger partial charge in [0.2, 0.25) is 0 Å². The van der Waals surface area contributed by atoms with E-state index in [0.29, 0.717) is 0 Å². The van der Waals surface area contributed by atoms with Crippen LogP contribution in [0.3, 0.4) is 0 Å². The van der Waals surface area contributed by atoms with E-state index in [0.717, 1.165) is 10.2 Å². The molecule has 64 valence electrons. The van der Waals surface area contributed by atoms with E-state index in [1.807, 2.05) is 37.3 Å². The molecule has 0 bridgehead atoms. The Labute approximate surface area is 81.2 Å². The van der Waals surface area contributed by atoms with Crippen molar-refractivity contribution >= 4 is 22.0 Å².